The Morgan fingerprint density at radius 2 is 1.56 bits per heavy atom. The van der Waals surface area contributed by atoms with Crippen LogP contribution in [-0.4, -0.2) is 12.8 Å². The molecule has 4 aliphatic rings. The first-order chi connectivity index (χ1) is 23.7. The second-order valence-corrected chi connectivity index (χ2v) is 17.9. The van der Waals surface area contributed by atoms with Gasteiger partial charge in [0.25, 0.3) is 6.71 Å². The van der Waals surface area contributed by atoms with E-state index in [9.17, 15) is 0 Å². The Hall–Kier alpha value is -4.44. The minimum Gasteiger partial charge on any atom is -0.469 e. The van der Waals surface area contributed by atoms with E-state index in [2.05, 4.69) is 164 Å². The van der Waals surface area contributed by atoms with Crippen LogP contribution in [-0.2, 0) is 16.2 Å². The van der Waals surface area contributed by atoms with E-state index in [1.807, 2.05) is 0 Å². The van der Waals surface area contributed by atoms with E-state index < -0.39 is 0 Å². The van der Waals surface area contributed by atoms with Crippen LogP contribution >= 0.6 is 0 Å². The molecule has 0 saturated heterocycles. The van der Waals surface area contributed by atoms with Crippen LogP contribution in [0.2, 0.25) is 5.82 Å². The Bertz CT molecular complexity index is 2280. The van der Waals surface area contributed by atoms with Crippen LogP contribution in [0.25, 0.3) is 22.1 Å². The number of anilines is 3. The van der Waals surface area contributed by atoms with Gasteiger partial charge in [-0.1, -0.05) is 115 Å². The Balaban J connectivity index is 1.41. The lowest BCUT2D eigenvalue weighted by Crippen LogP contribution is -2.61. The fraction of sp³-hybridized carbons (Fsp3) is 0.348. The van der Waals surface area contributed by atoms with Crippen LogP contribution in [0, 0.1) is 6.92 Å². The van der Waals surface area contributed by atoms with Gasteiger partial charge in [-0.3, -0.25) is 0 Å². The van der Waals surface area contributed by atoms with Gasteiger partial charge in [0.2, 0.25) is 0 Å². The van der Waals surface area contributed by atoms with Gasteiger partial charge in [0, 0.05) is 34.2 Å². The van der Waals surface area contributed by atoms with Crippen molar-refractivity contribution in [1.82, 2.24) is 0 Å². The molecule has 0 fully saturated rings. The smallest absolute Gasteiger partial charge is 0.272 e. The van der Waals surface area contributed by atoms with Crippen LogP contribution in [0.15, 0.2) is 107 Å². The molecule has 252 valence electrons. The van der Waals surface area contributed by atoms with E-state index >= 15 is 0 Å². The maximum absolute atomic E-state index is 7.37. The Labute approximate surface area is 298 Å². The molecular formula is C46H49BN2O. The molecule has 0 saturated carbocycles. The number of fused-ring (bicyclic) bond motifs is 7. The summed E-state index contributed by atoms with van der Waals surface area (Å²) in [4.78, 5) is 2.61. The highest BCUT2D eigenvalue weighted by molar-refractivity contribution is 6.89. The second kappa shape index (κ2) is 10.5. The van der Waals surface area contributed by atoms with Crippen molar-refractivity contribution < 1.29 is 4.42 Å². The minimum atomic E-state index is 0.0351. The van der Waals surface area contributed by atoms with Crippen LogP contribution in [0.5, 0.6) is 0 Å². The van der Waals surface area contributed by atoms with Crippen molar-refractivity contribution in [3.8, 4) is 11.1 Å². The molecule has 1 aromatic heterocycles. The summed E-state index contributed by atoms with van der Waals surface area (Å²) in [6, 6.07) is 30.0. The number of benzene rings is 4. The summed E-state index contributed by atoms with van der Waals surface area (Å²) in [5, 5.41) is 5.23. The van der Waals surface area contributed by atoms with Crippen molar-refractivity contribution in [2.45, 2.75) is 103 Å². The SMILES string of the molecule is CC1=C[C@H]2Nc3ccc(C(C)(C)C)cc3B3c4oc5cc6c(cc5c4N(c4cc(C)ccc4-c4ccccc4)C(=C1)C32)C(C)(C)CCC6(C)C. The summed E-state index contributed by atoms with van der Waals surface area (Å²) >= 11 is 0. The zero-order chi connectivity index (χ0) is 34.9. The Morgan fingerprint density at radius 1 is 0.840 bits per heavy atom. The Morgan fingerprint density at radius 3 is 2.28 bits per heavy atom. The summed E-state index contributed by atoms with van der Waals surface area (Å²) in [5.41, 5.74) is 17.9. The lowest BCUT2D eigenvalue weighted by Gasteiger charge is -2.48. The topological polar surface area (TPSA) is 28.4 Å². The quantitative estimate of drug-likeness (QED) is 0.192. The fourth-order valence-corrected chi connectivity index (χ4v) is 9.45. The largest absolute Gasteiger partial charge is 0.469 e. The van der Waals surface area contributed by atoms with Crippen molar-refractivity contribution >= 4 is 45.9 Å². The fourth-order valence-electron chi connectivity index (χ4n) is 9.45. The van der Waals surface area contributed by atoms with Gasteiger partial charge in [0.1, 0.15) is 5.58 Å². The molecule has 2 atom stereocenters. The molecule has 5 aromatic rings. The number of hydrogen-bond acceptors (Lipinski definition) is 3. The molecule has 4 aromatic carbocycles. The number of allylic oxidation sites excluding steroid dienone is 2. The first kappa shape index (κ1) is 31.5. The van der Waals surface area contributed by atoms with Crippen molar-refractivity contribution in [2.75, 3.05) is 10.2 Å². The zero-order valence-electron chi connectivity index (χ0n) is 31.2. The predicted octanol–water partition coefficient (Wildman–Crippen LogP) is 10.8. The van der Waals surface area contributed by atoms with Crippen molar-refractivity contribution in [2.24, 2.45) is 0 Å². The first-order valence-electron chi connectivity index (χ1n) is 18.6. The lowest BCUT2D eigenvalue weighted by molar-refractivity contribution is 0.332. The summed E-state index contributed by atoms with van der Waals surface area (Å²) in [5.74, 6) is 0.168. The number of rotatable bonds is 2. The average molecular weight is 657 g/mol. The zero-order valence-corrected chi connectivity index (χ0v) is 31.2. The normalized spacial score (nSPS) is 21.4. The van der Waals surface area contributed by atoms with Crippen LogP contribution in [0.3, 0.4) is 0 Å². The molecule has 1 N–H and O–H groups in total. The van der Waals surface area contributed by atoms with Crippen LogP contribution < -0.4 is 21.3 Å². The highest BCUT2D eigenvalue weighted by Crippen LogP contribution is 2.54. The number of furan rings is 1. The number of hydrogen-bond donors (Lipinski definition) is 1. The lowest BCUT2D eigenvalue weighted by atomic mass is 9.30. The highest BCUT2D eigenvalue weighted by Gasteiger charge is 2.53. The van der Waals surface area contributed by atoms with Gasteiger partial charge in [0.05, 0.1) is 17.0 Å². The van der Waals surface area contributed by atoms with Gasteiger partial charge in [-0.2, -0.15) is 0 Å². The standard InChI is InChI=1S/C46H49BN2O/c1-27-15-17-31(29-13-11-10-12-14-29)38(22-27)49-39-23-28(2)21-37-41(39)47(35-24-30(44(3,4)5)16-18-36(35)48-37)43-42(49)32-25-33-34(26-40(32)50-43)46(8,9)20-19-45(33,6)7/h10-18,21-26,37,41,48H,19-20H2,1-9H3/t37-,41?/m1/s1. The van der Waals surface area contributed by atoms with Crippen molar-refractivity contribution in [3.63, 3.8) is 0 Å². The molecule has 3 nitrogen and oxygen atoms in total. The molecule has 0 amide bonds. The first-order valence-corrected chi connectivity index (χ1v) is 18.6. The molecule has 1 unspecified atom stereocenters. The molecule has 0 bridgehead atoms. The molecule has 2 aliphatic carbocycles. The van der Waals surface area contributed by atoms with Gasteiger partial charge >= 0.3 is 0 Å². The molecule has 50 heavy (non-hydrogen) atoms. The van der Waals surface area contributed by atoms with E-state index in [4.69, 9.17) is 4.42 Å². The summed E-state index contributed by atoms with van der Waals surface area (Å²) in [6.07, 6.45) is 7.24. The van der Waals surface area contributed by atoms with Gasteiger partial charge in [-0.15, -0.1) is 0 Å². The van der Waals surface area contributed by atoms with E-state index in [0.717, 1.165) is 11.2 Å². The number of nitrogens with one attached hydrogen (secondary N) is 1. The molecule has 0 spiro atoms. The van der Waals surface area contributed by atoms with E-state index in [1.54, 1.807) is 0 Å². The van der Waals surface area contributed by atoms with E-state index in [0.29, 0.717) is 0 Å². The maximum atomic E-state index is 7.37. The molecule has 3 heterocycles. The van der Waals surface area contributed by atoms with Crippen LogP contribution in [0.1, 0.15) is 90.5 Å². The van der Waals surface area contributed by atoms with Crippen molar-refractivity contribution in [1.29, 1.82) is 0 Å². The monoisotopic (exact) mass is 656 g/mol. The maximum Gasteiger partial charge on any atom is 0.272 e. The van der Waals surface area contributed by atoms with Gasteiger partial charge in [-0.25, -0.2) is 0 Å². The summed E-state index contributed by atoms with van der Waals surface area (Å²) in [6.45, 7) is 21.2. The van der Waals surface area contributed by atoms with Gasteiger partial charge in [0.15, 0.2) is 0 Å². The Kier molecular flexibility index (Phi) is 6.65. The van der Waals surface area contributed by atoms with Gasteiger partial charge < -0.3 is 14.6 Å². The van der Waals surface area contributed by atoms with E-state index in [1.165, 1.54) is 85.4 Å². The van der Waals surface area contributed by atoms with Crippen molar-refractivity contribution in [3.05, 3.63) is 125 Å². The molecule has 9 rings (SSSR count). The number of aryl methyl sites for hydroxylation is 1. The second-order valence-electron chi connectivity index (χ2n) is 17.9. The molecule has 4 heteroatoms. The number of nitrogens with zero attached hydrogens (tertiary/aromatic N) is 1. The third-order valence-corrected chi connectivity index (χ3v) is 12.4. The molecule has 0 radical (unpaired) electrons. The predicted molar refractivity (Wildman–Crippen MR) is 213 cm³/mol. The van der Waals surface area contributed by atoms with Gasteiger partial charge in [-0.05, 0) is 107 Å². The third-order valence-electron chi connectivity index (χ3n) is 12.4. The van der Waals surface area contributed by atoms with Crippen LogP contribution in [0.4, 0.5) is 17.1 Å². The average Bonchev–Trinajstić information content (AvgIpc) is 3.44. The summed E-state index contributed by atoms with van der Waals surface area (Å²) in [7, 11) is 0. The highest BCUT2D eigenvalue weighted by atomic mass is 16.3. The minimum absolute atomic E-state index is 0.0351. The third kappa shape index (κ3) is 4.63. The van der Waals surface area contributed by atoms with E-state index in [-0.39, 0.29) is 34.8 Å². The molecular weight excluding hydrogens is 607 g/mol. The molecule has 2 aliphatic heterocycles. The summed E-state index contributed by atoms with van der Waals surface area (Å²) < 4.78 is 7.37.